The lowest BCUT2D eigenvalue weighted by Crippen LogP contribution is -2.18. The van der Waals surface area contributed by atoms with Crippen molar-refractivity contribution in [2.75, 3.05) is 25.6 Å². The van der Waals surface area contributed by atoms with E-state index in [1.807, 2.05) is 32.0 Å². The Morgan fingerprint density at radius 1 is 1.50 bits per heavy atom. The van der Waals surface area contributed by atoms with Crippen molar-refractivity contribution in [2.45, 2.75) is 20.3 Å². The molecule has 1 amide bonds. The molecule has 0 saturated carbocycles. The van der Waals surface area contributed by atoms with Crippen LogP contribution in [0.3, 0.4) is 0 Å². The van der Waals surface area contributed by atoms with E-state index in [9.17, 15) is 4.79 Å². The first-order valence-electron chi connectivity index (χ1n) is 6.65. The second-order valence-corrected chi connectivity index (χ2v) is 4.85. The molecule has 20 heavy (non-hydrogen) atoms. The van der Waals surface area contributed by atoms with Gasteiger partial charge in [-0.3, -0.25) is 4.79 Å². The summed E-state index contributed by atoms with van der Waals surface area (Å²) in [4.78, 5) is 12.0. The van der Waals surface area contributed by atoms with Crippen LogP contribution in [0.1, 0.15) is 24.5 Å². The fourth-order valence-electron chi connectivity index (χ4n) is 1.85. The lowest BCUT2D eigenvalue weighted by molar-refractivity contribution is -0.117. The van der Waals surface area contributed by atoms with Crippen LogP contribution < -0.4 is 11.1 Å². The largest absolute Gasteiger partial charge is 0.384 e. The highest BCUT2D eigenvalue weighted by molar-refractivity contribution is 5.91. The molecular formula is C16H22N2O2. The number of aryl methyl sites for hydroxylation is 1. The quantitative estimate of drug-likeness (QED) is 0.806. The van der Waals surface area contributed by atoms with Gasteiger partial charge in [0.25, 0.3) is 0 Å². The van der Waals surface area contributed by atoms with Crippen LogP contribution in [0, 0.1) is 24.7 Å². The number of carbonyl (C=O) groups excluding carboxylic acids is 1. The van der Waals surface area contributed by atoms with Gasteiger partial charge in [0.05, 0.1) is 6.54 Å². The van der Waals surface area contributed by atoms with Crippen LogP contribution in [-0.4, -0.2) is 26.2 Å². The Kier molecular flexibility index (Phi) is 6.78. The number of rotatable bonds is 5. The Balaban J connectivity index is 2.73. The van der Waals surface area contributed by atoms with Gasteiger partial charge in [-0.15, -0.1) is 0 Å². The number of hydrogen-bond donors (Lipinski definition) is 2. The summed E-state index contributed by atoms with van der Waals surface area (Å²) < 4.78 is 5.03. The van der Waals surface area contributed by atoms with E-state index in [2.05, 4.69) is 17.2 Å². The van der Waals surface area contributed by atoms with Gasteiger partial charge in [0.1, 0.15) is 0 Å². The van der Waals surface area contributed by atoms with Crippen LogP contribution in [-0.2, 0) is 9.53 Å². The molecular weight excluding hydrogens is 252 g/mol. The van der Waals surface area contributed by atoms with Crippen molar-refractivity contribution in [3.05, 3.63) is 29.3 Å². The van der Waals surface area contributed by atoms with Crippen molar-refractivity contribution in [3.63, 3.8) is 0 Å². The molecule has 1 rings (SSSR count). The normalized spacial score (nSPS) is 11.4. The third kappa shape index (κ3) is 5.43. The summed E-state index contributed by atoms with van der Waals surface area (Å²) in [6, 6.07) is 5.73. The Morgan fingerprint density at radius 2 is 2.25 bits per heavy atom. The molecule has 1 aromatic rings. The van der Waals surface area contributed by atoms with Gasteiger partial charge in [0.15, 0.2) is 0 Å². The fraction of sp³-hybridized carbons (Fsp3) is 0.438. The van der Waals surface area contributed by atoms with Gasteiger partial charge >= 0.3 is 0 Å². The maximum atomic E-state index is 12.0. The number of anilines is 1. The first-order chi connectivity index (χ1) is 9.56. The molecule has 0 aliphatic rings. The monoisotopic (exact) mass is 274 g/mol. The van der Waals surface area contributed by atoms with Crippen molar-refractivity contribution in [1.82, 2.24) is 0 Å². The van der Waals surface area contributed by atoms with Gasteiger partial charge in [0, 0.05) is 31.4 Å². The smallest absolute Gasteiger partial charge is 0.224 e. The van der Waals surface area contributed by atoms with E-state index < -0.39 is 0 Å². The summed E-state index contributed by atoms with van der Waals surface area (Å²) in [5.41, 5.74) is 8.01. The SMILES string of the molecule is COCC(C)CC(=O)Nc1cc(C#CCN)ccc1C. The maximum Gasteiger partial charge on any atom is 0.224 e. The molecule has 3 N–H and O–H groups in total. The molecule has 0 aliphatic carbocycles. The van der Waals surface area contributed by atoms with Crippen molar-refractivity contribution in [3.8, 4) is 11.8 Å². The van der Waals surface area contributed by atoms with E-state index in [1.54, 1.807) is 7.11 Å². The molecule has 0 bridgehead atoms. The zero-order valence-electron chi connectivity index (χ0n) is 12.3. The second kappa shape index (κ2) is 8.36. The van der Waals surface area contributed by atoms with E-state index in [0.29, 0.717) is 19.6 Å². The van der Waals surface area contributed by atoms with Crippen LogP contribution in [0.4, 0.5) is 5.69 Å². The third-order valence-electron chi connectivity index (χ3n) is 2.83. The number of ether oxygens (including phenoxy) is 1. The minimum absolute atomic E-state index is 0.0124. The van der Waals surface area contributed by atoms with Crippen LogP contribution in [0.25, 0.3) is 0 Å². The summed E-state index contributed by atoms with van der Waals surface area (Å²) in [6.07, 6.45) is 0.436. The van der Waals surface area contributed by atoms with Crippen molar-refractivity contribution >= 4 is 11.6 Å². The minimum Gasteiger partial charge on any atom is -0.384 e. The molecule has 4 heteroatoms. The van der Waals surface area contributed by atoms with Gasteiger partial charge < -0.3 is 15.8 Å². The van der Waals surface area contributed by atoms with E-state index >= 15 is 0 Å². The molecule has 4 nitrogen and oxygen atoms in total. The molecule has 1 unspecified atom stereocenters. The average Bonchev–Trinajstić information content (AvgIpc) is 2.39. The predicted molar refractivity (Wildman–Crippen MR) is 81.4 cm³/mol. The second-order valence-electron chi connectivity index (χ2n) is 4.85. The number of nitrogens with one attached hydrogen (secondary N) is 1. The Hall–Kier alpha value is -1.83. The van der Waals surface area contributed by atoms with Crippen LogP contribution in [0.15, 0.2) is 18.2 Å². The predicted octanol–water partition coefficient (Wildman–Crippen LogP) is 1.92. The topological polar surface area (TPSA) is 64.3 Å². The molecule has 0 radical (unpaired) electrons. The van der Waals surface area contributed by atoms with Crippen LogP contribution in [0.2, 0.25) is 0 Å². The number of carbonyl (C=O) groups is 1. The highest BCUT2D eigenvalue weighted by Gasteiger charge is 2.10. The minimum atomic E-state index is -0.0124. The summed E-state index contributed by atoms with van der Waals surface area (Å²) in [5, 5.41) is 2.92. The Morgan fingerprint density at radius 3 is 2.90 bits per heavy atom. The standard InChI is InChI=1S/C16H22N2O2/c1-12(11-20-3)9-16(19)18-15-10-14(5-4-8-17)7-6-13(15)2/h6-7,10,12H,8-9,11,17H2,1-3H3,(H,18,19). The fourth-order valence-corrected chi connectivity index (χ4v) is 1.85. The van der Waals surface area contributed by atoms with Crippen molar-refractivity contribution in [2.24, 2.45) is 11.7 Å². The zero-order valence-corrected chi connectivity index (χ0v) is 12.3. The molecule has 0 spiro atoms. The number of hydrogen-bond acceptors (Lipinski definition) is 3. The molecule has 0 aliphatic heterocycles. The summed E-state index contributed by atoms with van der Waals surface area (Å²) in [5.74, 6) is 5.94. The Bertz CT molecular complexity index is 515. The van der Waals surface area contributed by atoms with Gasteiger partial charge in [-0.25, -0.2) is 0 Å². The van der Waals surface area contributed by atoms with Crippen LogP contribution >= 0.6 is 0 Å². The Labute approximate surface area is 120 Å². The third-order valence-corrected chi connectivity index (χ3v) is 2.83. The lowest BCUT2D eigenvalue weighted by Gasteiger charge is -2.12. The van der Waals surface area contributed by atoms with E-state index in [0.717, 1.165) is 16.8 Å². The zero-order chi connectivity index (χ0) is 15.0. The first kappa shape index (κ1) is 16.2. The molecule has 1 aromatic carbocycles. The summed E-state index contributed by atoms with van der Waals surface area (Å²) in [6.45, 7) is 4.84. The van der Waals surface area contributed by atoms with Gasteiger partial charge in [0.2, 0.25) is 5.91 Å². The summed E-state index contributed by atoms with van der Waals surface area (Å²) in [7, 11) is 1.64. The van der Waals surface area contributed by atoms with Gasteiger partial charge in [-0.2, -0.15) is 0 Å². The molecule has 108 valence electrons. The molecule has 0 heterocycles. The van der Waals surface area contributed by atoms with Gasteiger partial charge in [-0.05, 0) is 30.5 Å². The van der Waals surface area contributed by atoms with E-state index in [1.165, 1.54) is 0 Å². The van der Waals surface area contributed by atoms with E-state index in [-0.39, 0.29) is 11.8 Å². The molecule has 1 atom stereocenters. The lowest BCUT2D eigenvalue weighted by atomic mass is 10.1. The molecule has 0 fully saturated rings. The van der Waals surface area contributed by atoms with Gasteiger partial charge in [-0.1, -0.05) is 24.8 Å². The average molecular weight is 274 g/mol. The van der Waals surface area contributed by atoms with Crippen molar-refractivity contribution < 1.29 is 9.53 Å². The number of nitrogens with two attached hydrogens (primary N) is 1. The highest BCUT2D eigenvalue weighted by Crippen LogP contribution is 2.17. The highest BCUT2D eigenvalue weighted by atomic mass is 16.5. The number of benzene rings is 1. The molecule has 0 aromatic heterocycles. The van der Waals surface area contributed by atoms with Crippen molar-refractivity contribution in [1.29, 1.82) is 0 Å². The van der Waals surface area contributed by atoms with E-state index in [4.69, 9.17) is 10.5 Å². The first-order valence-corrected chi connectivity index (χ1v) is 6.65. The number of methoxy groups -OCH3 is 1. The summed E-state index contributed by atoms with van der Waals surface area (Å²) >= 11 is 0. The molecule has 0 saturated heterocycles. The number of amides is 1. The maximum absolute atomic E-state index is 12.0. The van der Waals surface area contributed by atoms with Crippen LogP contribution in [0.5, 0.6) is 0 Å².